The highest BCUT2D eigenvalue weighted by molar-refractivity contribution is 8.13. The molecule has 7 rings (SSSR count). The smallest absolute Gasteiger partial charge is 0.368 e. The molecule has 0 N–H and O–H groups in total. The summed E-state index contributed by atoms with van der Waals surface area (Å²) in [5.74, 6) is -0.890. The van der Waals surface area contributed by atoms with E-state index in [9.17, 15) is 0 Å². The molecule has 0 fully saturated rings. The average molecular weight is 574 g/mol. The SMILES string of the molecule is ClP1(Cl)=N[P@@]2(=N[P@]3(=N1)Oc1ccccc1N3c1ccccn1)Oc1ccccc1N2c1ccccn1. The van der Waals surface area contributed by atoms with E-state index in [2.05, 4.69) is 9.97 Å². The molecule has 3 aliphatic rings. The van der Waals surface area contributed by atoms with Gasteiger partial charge in [-0.2, -0.15) is 9.03 Å². The van der Waals surface area contributed by atoms with Gasteiger partial charge in [0.25, 0.3) is 5.91 Å². The third-order valence-corrected chi connectivity index (χ3v) is 16.2. The van der Waals surface area contributed by atoms with Crippen molar-refractivity contribution in [2.45, 2.75) is 0 Å². The molecule has 2 aromatic heterocycles. The molecule has 180 valence electrons. The average Bonchev–Trinajstić information content (AvgIpc) is 3.34. The lowest BCUT2D eigenvalue weighted by atomic mass is 10.3. The van der Waals surface area contributed by atoms with E-state index in [0.29, 0.717) is 23.1 Å². The van der Waals surface area contributed by atoms with Crippen molar-refractivity contribution in [2.24, 2.45) is 13.5 Å². The second-order valence-corrected chi connectivity index (χ2v) is 17.5. The Morgan fingerprint density at radius 3 is 1.53 bits per heavy atom. The van der Waals surface area contributed by atoms with Gasteiger partial charge in [0.15, 0.2) is 11.5 Å². The van der Waals surface area contributed by atoms with Crippen molar-refractivity contribution in [2.75, 3.05) is 9.34 Å². The van der Waals surface area contributed by atoms with Crippen molar-refractivity contribution < 1.29 is 9.05 Å². The van der Waals surface area contributed by atoms with Gasteiger partial charge in [0, 0.05) is 12.4 Å². The lowest BCUT2D eigenvalue weighted by Crippen LogP contribution is -2.15. The van der Waals surface area contributed by atoms with Crippen LogP contribution in [-0.2, 0) is 0 Å². The molecule has 2 atom stereocenters. The first-order chi connectivity index (χ1) is 17.5. The molecule has 2 spiro atoms. The van der Waals surface area contributed by atoms with Gasteiger partial charge in [-0.3, -0.25) is 0 Å². The Kier molecular flexibility index (Phi) is 5.05. The van der Waals surface area contributed by atoms with Gasteiger partial charge < -0.3 is 9.05 Å². The van der Waals surface area contributed by atoms with Gasteiger partial charge in [0.1, 0.15) is 11.6 Å². The second kappa shape index (κ2) is 8.11. The van der Waals surface area contributed by atoms with Gasteiger partial charge >= 0.3 is 15.2 Å². The number of halogens is 2. The van der Waals surface area contributed by atoms with E-state index >= 15 is 0 Å². The Labute approximate surface area is 216 Å². The number of fused-ring (bicyclic) bond motifs is 2. The van der Waals surface area contributed by atoms with Gasteiger partial charge in [-0.05, 0) is 71.0 Å². The molecule has 0 amide bonds. The van der Waals surface area contributed by atoms with E-state index < -0.39 is 21.1 Å². The number of hydrogen-bond donors (Lipinski definition) is 0. The first kappa shape index (κ1) is 22.4. The minimum Gasteiger partial charge on any atom is -0.424 e. The molecular formula is C22H16Cl2N7O2P3. The van der Waals surface area contributed by atoms with Crippen LogP contribution in [0.1, 0.15) is 0 Å². The predicted molar refractivity (Wildman–Crippen MR) is 147 cm³/mol. The Balaban J connectivity index is 1.55. The van der Waals surface area contributed by atoms with E-state index in [0.717, 1.165) is 11.4 Å². The third-order valence-electron chi connectivity index (χ3n) is 5.56. The molecule has 0 saturated heterocycles. The highest BCUT2D eigenvalue weighted by atomic mass is 35.9. The fraction of sp³-hybridized carbons (Fsp3) is 0. The summed E-state index contributed by atoms with van der Waals surface area (Å²) in [6.45, 7) is 0. The summed E-state index contributed by atoms with van der Waals surface area (Å²) in [7, 11) is -6.62. The monoisotopic (exact) mass is 573 g/mol. The molecule has 0 saturated carbocycles. The molecular weight excluding hydrogens is 558 g/mol. The molecule has 3 aliphatic heterocycles. The lowest BCUT2D eigenvalue weighted by molar-refractivity contribution is 0.613. The van der Waals surface area contributed by atoms with E-state index in [-0.39, 0.29) is 0 Å². The first-order valence-electron chi connectivity index (χ1n) is 10.8. The van der Waals surface area contributed by atoms with E-state index in [4.69, 9.17) is 45.1 Å². The van der Waals surface area contributed by atoms with Crippen molar-refractivity contribution in [3.8, 4) is 11.5 Å². The number of anilines is 4. The fourth-order valence-corrected chi connectivity index (χ4v) is 16.8. The van der Waals surface area contributed by atoms with Crippen LogP contribution in [0.3, 0.4) is 0 Å². The largest absolute Gasteiger partial charge is 0.424 e. The zero-order valence-electron chi connectivity index (χ0n) is 18.3. The molecule has 0 bridgehead atoms. The van der Waals surface area contributed by atoms with Crippen LogP contribution >= 0.6 is 43.6 Å². The van der Waals surface area contributed by atoms with Crippen LogP contribution in [-0.4, -0.2) is 9.97 Å². The zero-order chi connectivity index (χ0) is 24.4. The Morgan fingerprint density at radius 2 is 1.03 bits per heavy atom. The standard InChI is InChI=1S/C22H16Cl2N7O2P3/c23-34(24)27-35(30(21-13-5-7-15-25-21)17-9-1-3-11-19(17)32-35)29-36(28-34)31(22-14-6-8-16-26-22)18-10-2-4-12-20(18)33-36/h1-16H/t35-,36-/m0/s1. The number of rotatable bonds is 2. The van der Waals surface area contributed by atoms with E-state index in [1.54, 1.807) is 12.4 Å². The van der Waals surface area contributed by atoms with Crippen molar-refractivity contribution in [1.82, 2.24) is 9.97 Å². The summed E-state index contributed by atoms with van der Waals surface area (Å²) < 4.78 is 31.8. The first-order valence-corrected chi connectivity index (χ1v) is 17.4. The number of aromatic nitrogens is 2. The molecule has 4 aromatic rings. The van der Waals surface area contributed by atoms with Crippen LogP contribution in [0.5, 0.6) is 11.5 Å². The Hall–Kier alpha value is -2.79. The molecule has 0 unspecified atom stereocenters. The number of hydrogen-bond acceptors (Lipinski definition) is 9. The molecule has 2 aromatic carbocycles. The van der Waals surface area contributed by atoms with Gasteiger partial charge in [0.05, 0.1) is 11.4 Å². The maximum absolute atomic E-state index is 6.89. The van der Waals surface area contributed by atoms with Crippen molar-refractivity contribution >= 4 is 66.6 Å². The molecule has 14 heteroatoms. The maximum atomic E-state index is 6.89. The van der Waals surface area contributed by atoms with Crippen LogP contribution < -0.4 is 18.4 Å². The van der Waals surface area contributed by atoms with Gasteiger partial charge in [0.2, 0.25) is 0 Å². The highest BCUT2D eigenvalue weighted by Gasteiger charge is 2.53. The second-order valence-electron chi connectivity index (χ2n) is 7.87. The number of pyridine rings is 2. The van der Waals surface area contributed by atoms with E-state index in [1.807, 2.05) is 94.3 Å². The van der Waals surface area contributed by atoms with Crippen molar-refractivity contribution in [3.05, 3.63) is 97.3 Å². The fourth-order valence-electron chi connectivity index (χ4n) is 4.24. The van der Waals surface area contributed by atoms with Crippen LogP contribution in [0, 0.1) is 0 Å². The van der Waals surface area contributed by atoms with Crippen LogP contribution in [0.25, 0.3) is 0 Å². The number of nitrogens with zero attached hydrogens (tertiary/aromatic N) is 7. The summed E-state index contributed by atoms with van der Waals surface area (Å²) in [4.78, 5) is 9.17. The maximum Gasteiger partial charge on any atom is 0.368 e. The number of para-hydroxylation sites is 4. The van der Waals surface area contributed by atoms with E-state index in [1.165, 1.54) is 0 Å². The molecule has 9 nitrogen and oxygen atoms in total. The van der Waals surface area contributed by atoms with Crippen molar-refractivity contribution in [1.29, 1.82) is 0 Å². The van der Waals surface area contributed by atoms with Gasteiger partial charge in [-0.1, -0.05) is 36.4 Å². The number of benzene rings is 2. The van der Waals surface area contributed by atoms with Crippen LogP contribution in [0.4, 0.5) is 23.0 Å². The molecule has 5 heterocycles. The molecule has 0 radical (unpaired) electrons. The molecule has 0 aliphatic carbocycles. The summed E-state index contributed by atoms with van der Waals surface area (Å²) in [6, 6.07) is 26.4. The minimum absolute atomic E-state index is 0.609. The zero-order valence-corrected chi connectivity index (χ0v) is 22.5. The Bertz CT molecular complexity index is 1590. The van der Waals surface area contributed by atoms with Crippen LogP contribution in [0.2, 0.25) is 0 Å². The highest BCUT2D eigenvalue weighted by Crippen LogP contribution is 2.88. The molecule has 36 heavy (non-hydrogen) atoms. The normalized spacial score (nSPS) is 24.7. The van der Waals surface area contributed by atoms with Crippen LogP contribution in [0.15, 0.2) is 111 Å². The summed E-state index contributed by atoms with van der Waals surface area (Å²) in [5.41, 5.74) is 1.54. The Morgan fingerprint density at radius 1 is 0.556 bits per heavy atom. The minimum atomic E-state index is -3.33. The summed E-state index contributed by atoms with van der Waals surface area (Å²) in [6.07, 6.45) is 3.41. The van der Waals surface area contributed by atoms with Crippen molar-refractivity contribution in [3.63, 3.8) is 0 Å². The quantitative estimate of drug-likeness (QED) is 0.222. The predicted octanol–water partition coefficient (Wildman–Crippen LogP) is 9.57. The third kappa shape index (κ3) is 3.42. The summed E-state index contributed by atoms with van der Waals surface area (Å²) >= 11 is 13.8. The topological polar surface area (TPSA) is 87.8 Å². The lowest BCUT2D eigenvalue weighted by Gasteiger charge is -2.33. The van der Waals surface area contributed by atoms with Gasteiger partial charge in [-0.25, -0.2) is 19.3 Å². The summed E-state index contributed by atoms with van der Waals surface area (Å²) in [5, 5.41) is 0. The van der Waals surface area contributed by atoms with Gasteiger partial charge in [-0.15, -0.1) is 4.52 Å².